The number of benzene rings is 1. The van der Waals surface area contributed by atoms with Crippen LogP contribution in [0.25, 0.3) is 0 Å². The molecule has 5 heteroatoms. The van der Waals surface area contributed by atoms with Crippen molar-refractivity contribution in [2.45, 2.75) is 45.2 Å². The minimum atomic E-state index is -0.425. The minimum Gasteiger partial charge on any atom is -0.310 e. The van der Waals surface area contributed by atoms with Crippen molar-refractivity contribution < 1.29 is 4.92 Å². The third kappa shape index (κ3) is 3.06. The minimum absolute atomic E-state index is 0.0106. The second kappa shape index (κ2) is 5.93. The summed E-state index contributed by atoms with van der Waals surface area (Å²) in [5.74, 6) is 2.60. The Morgan fingerprint density at radius 1 is 1.43 bits per heavy atom. The highest BCUT2D eigenvalue weighted by molar-refractivity contribution is 6.32. The average Bonchev–Trinajstić information content (AvgIpc) is 3.08. The first-order valence-electron chi connectivity index (χ1n) is 7.71. The van der Waals surface area contributed by atoms with Gasteiger partial charge in [-0.3, -0.25) is 10.1 Å². The van der Waals surface area contributed by atoms with Crippen LogP contribution in [0.15, 0.2) is 18.2 Å². The zero-order valence-electron chi connectivity index (χ0n) is 12.2. The number of hydrogen-bond donors (Lipinski definition) is 1. The average molecular weight is 309 g/mol. The first-order chi connectivity index (χ1) is 10.0. The van der Waals surface area contributed by atoms with E-state index in [0.717, 1.165) is 23.3 Å². The molecule has 0 saturated heterocycles. The summed E-state index contributed by atoms with van der Waals surface area (Å²) in [6.07, 6.45) is 5.55. The number of hydrogen-bond acceptors (Lipinski definition) is 3. The van der Waals surface area contributed by atoms with Gasteiger partial charge < -0.3 is 5.32 Å². The Morgan fingerprint density at radius 2 is 2.24 bits per heavy atom. The smallest absolute Gasteiger partial charge is 0.288 e. The Balaban J connectivity index is 1.60. The first-order valence-corrected chi connectivity index (χ1v) is 8.08. The molecule has 0 aromatic heterocycles. The van der Waals surface area contributed by atoms with E-state index in [1.807, 2.05) is 6.07 Å². The molecule has 0 aliphatic heterocycles. The molecule has 4 nitrogen and oxygen atoms in total. The Hall–Kier alpha value is -1.13. The van der Waals surface area contributed by atoms with Gasteiger partial charge in [0, 0.05) is 18.7 Å². The van der Waals surface area contributed by atoms with E-state index in [4.69, 9.17) is 11.6 Å². The summed E-state index contributed by atoms with van der Waals surface area (Å²) in [4.78, 5) is 10.5. The molecule has 0 spiro atoms. The number of fused-ring (bicyclic) bond motifs is 2. The quantitative estimate of drug-likeness (QED) is 0.656. The van der Waals surface area contributed by atoms with Crippen LogP contribution in [0.5, 0.6) is 0 Å². The SMILES string of the molecule is CC(NCc1ccc(Cl)c([N+](=O)[O-])c1)C1CC2CCC1C2. The molecule has 21 heavy (non-hydrogen) atoms. The largest absolute Gasteiger partial charge is 0.310 e. The lowest BCUT2D eigenvalue weighted by molar-refractivity contribution is -0.384. The van der Waals surface area contributed by atoms with Crippen LogP contribution in [0.1, 0.15) is 38.2 Å². The molecule has 1 aromatic carbocycles. The Labute approximate surface area is 130 Å². The fraction of sp³-hybridized carbons (Fsp3) is 0.625. The van der Waals surface area contributed by atoms with Crippen LogP contribution in [0.3, 0.4) is 0 Å². The maximum absolute atomic E-state index is 10.9. The maximum Gasteiger partial charge on any atom is 0.288 e. The molecule has 114 valence electrons. The van der Waals surface area contributed by atoms with E-state index in [1.54, 1.807) is 12.1 Å². The van der Waals surface area contributed by atoms with E-state index < -0.39 is 4.92 Å². The van der Waals surface area contributed by atoms with Crippen molar-refractivity contribution in [2.24, 2.45) is 17.8 Å². The fourth-order valence-corrected chi connectivity index (χ4v) is 4.33. The van der Waals surface area contributed by atoms with Crippen molar-refractivity contribution in [3.63, 3.8) is 0 Å². The second-order valence-electron chi connectivity index (χ2n) is 6.55. The number of nitrogens with one attached hydrogen (secondary N) is 1. The molecule has 4 unspecified atom stereocenters. The summed E-state index contributed by atoms with van der Waals surface area (Å²) in [7, 11) is 0. The molecule has 0 radical (unpaired) electrons. The molecule has 2 aliphatic rings. The first kappa shape index (κ1) is 14.8. The fourth-order valence-electron chi connectivity index (χ4n) is 4.14. The van der Waals surface area contributed by atoms with Crippen molar-refractivity contribution in [1.82, 2.24) is 5.32 Å². The molecular weight excluding hydrogens is 288 g/mol. The van der Waals surface area contributed by atoms with Gasteiger partial charge in [0.15, 0.2) is 0 Å². The number of nitrogens with zero attached hydrogens (tertiary/aromatic N) is 1. The summed E-state index contributed by atoms with van der Waals surface area (Å²) in [5, 5.41) is 14.7. The number of nitro benzene ring substituents is 1. The Morgan fingerprint density at radius 3 is 2.86 bits per heavy atom. The number of halogens is 1. The van der Waals surface area contributed by atoms with Gasteiger partial charge in [0.1, 0.15) is 5.02 Å². The van der Waals surface area contributed by atoms with Crippen molar-refractivity contribution in [3.05, 3.63) is 38.9 Å². The lowest BCUT2D eigenvalue weighted by Crippen LogP contribution is -2.35. The van der Waals surface area contributed by atoms with Crippen LogP contribution in [0.2, 0.25) is 5.02 Å². The summed E-state index contributed by atoms with van der Waals surface area (Å²) in [5.41, 5.74) is 0.907. The van der Waals surface area contributed by atoms with E-state index in [9.17, 15) is 10.1 Å². The predicted molar refractivity (Wildman–Crippen MR) is 83.3 cm³/mol. The van der Waals surface area contributed by atoms with E-state index in [-0.39, 0.29) is 10.7 Å². The molecule has 0 heterocycles. The van der Waals surface area contributed by atoms with E-state index in [0.29, 0.717) is 12.6 Å². The standard InChI is InChI=1S/C16H21ClN2O2/c1-10(14-7-11-2-4-13(14)6-11)18-9-12-3-5-15(17)16(8-12)19(20)21/h3,5,8,10-11,13-14,18H,2,4,6-7,9H2,1H3. The zero-order chi connectivity index (χ0) is 15.0. The summed E-state index contributed by atoms with van der Waals surface area (Å²) in [6, 6.07) is 5.51. The Bertz CT molecular complexity index is 549. The number of nitro groups is 1. The highest BCUT2D eigenvalue weighted by Gasteiger charge is 2.41. The third-order valence-corrected chi connectivity index (χ3v) is 5.59. The van der Waals surface area contributed by atoms with Gasteiger partial charge >= 0.3 is 0 Å². The summed E-state index contributed by atoms with van der Waals surface area (Å²) >= 11 is 5.84. The number of rotatable bonds is 5. The topological polar surface area (TPSA) is 55.2 Å². The molecule has 4 atom stereocenters. The molecule has 2 bridgehead atoms. The summed E-state index contributed by atoms with van der Waals surface area (Å²) in [6.45, 7) is 2.91. The van der Waals surface area contributed by atoms with Gasteiger partial charge in [0.05, 0.1) is 4.92 Å². The van der Waals surface area contributed by atoms with Crippen LogP contribution in [-0.2, 0) is 6.54 Å². The van der Waals surface area contributed by atoms with Gasteiger partial charge in [-0.25, -0.2) is 0 Å². The summed E-state index contributed by atoms with van der Waals surface area (Å²) < 4.78 is 0. The molecule has 2 saturated carbocycles. The lowest BCUT2D eigenvalue weighted by Gasteiger charge is -2.28. The van der Waals surface area contributed by atoms with Crippen molar-refractivity contribution in [2.75, 3.05) is 0 Å². The molecule has 1 N–H and O–H groups in total. The molecule has 1 aromatic rings. The van der Waals surface area contributed by atoms with Gasteiger partial charge in [0.2, 0.25) is 0 Å². The highest BCUT2D eigenvalue weighted by atomic mass is 35.5. The molecule has 0 amide bonds. The van der Waals surface area contributed by atoms with E-state index in [1.165, 1.54) is 25.7 Å². The van der Waals surface area contributed by atoms with Gasteiger partial charge in [0.25, 0.3) is 5.69 Å². The van der Waals surface area contributed by atoms with Gasteiger partial charge in [-0.05, 0) is 55.6 Å². The van der Waals surface area contributed by atoms with Gasteiger partial charge in [-0.1, -0.05) is 24.1 Å². The van der Waals surface area contributed by atoms with Crippen LogP contribution in [-0.4, -0.2) is 11.0 Å². The van der Waals surface area contributed by atoms with Gasteiger partial charge in [-0.2, -0.15) is 0 Å². The van der Waals surface area contributed by atoms with Crippen LogP contribution in [0.4, 0.5) is 5.69 Å². The van der Waals surface area contributed by atoms with Crippen LogP contribution in [0, 0.1) is 27.9 Å². The zero-order valence-corrected chi connectivity index (χ0v) is 13.0. The van der Waals surface area contributed by atoms with Crippen LogP contribution >= 0.6 is 11.6 Å². The van der Waals surface area contributed by atoms with Gasteiger partial charge in [-0.15, -0.1) is 0 Å². The molecule has 2 fully saturated rings. The molecular formula is C16H21ClN2O2. The van der Waals surface area contributed by atoms with Crippen molar-refractivity contribution in [1.29, 1.82) is 0 Å². The Kier molecular flexibility index (Phi) is 4.18. The van der Waals surface area contributed by atoms with E-state index in [2.05, 4.69) is 12.2 Å². The van der Waals surface area contributed by atoms with E-state index >= 15 is 0 Å². The monoisotopic (exact) mass is 308 g/mol. The normalized spacial score (nSPS) is 28.8. The van der Waals surface area contributed by atoms with Crippen molar-refractivity contribution >= 4 is 17.3 Å². The van der Waals surface area contributed by atoms with Crippen LogP contribution < -0.4 is 5.32 Å². The second-order valence-corrected chi connectivity index (χ2v) is 6.96. The van der Waals surface area contributed by atoms with Crippen molar-refractivity contribution in [3.8, 4) is 0 Å². The lowest BCUT2D eigenvalue weighted by atomic mass is 9.84. The third-order valence-electron chi connectivity index (χ3n) is 5.27. The molecule has 2 aliphatic carbocycles. The molecule has 3 rings (SSSR count). The predicted octanol–water partition coefficient (Wildman–Crippen LogP) is 4.16. The maximum atomic E-state index is 10.9. The highest BCUT2D eigenvalue weighted by Crippen LogP contribution is 2.49.